The second-order valence-corrected chi connectivity index (χ2v) is 21.5. The van der Waals surface area contributed by atoms with Crippen molar-refractivity contribution in [3.05, 3.63) is 23.3 Å². The molecule has 0 aliphatic carbocycles. The number of hydrogen-bond donors (Lipinski definition) is 0. The molecule has 3 atom stereocenters. The van der Waals surface area contributed by atoms with Crippen molar-refractivity contribution in [2.45, 2.75) is 125 Å². The van der Waals surface area contributed by atoms with Crippen molar-refractivity contribution < 1.29 is 4.43 Å². The van der Waals surface area contributed by atoms with Crippen molar-refractivity contribution in [3.8, 4) is 11.5 Å². The summed E-state index contributed by atoms with van der Waals surface area (Å²) < 4.78 is 7.32. The summed E-state index contributed by atoms with van der Waals surface area (Å²) in [5.41, 5.74) is 7.83. The predicted octanol–water partition coefficient (Wildman–Crippen LogP) is 9.00. The van der Waals surface area contributed by atoms with Gasteiger partial charge in [-0.2, -0.15) is 0 Å². The summed E-state index contributed by atoms with van der Waals surface area (Å²) in [4.78, 5) is 0. The van der Waals surface area contributed by atoms with E-state index in [1.54, 1.807) is 0 Å². The van der Waals surface area contributed by atoms with Crippen molar-refractivity contribution in [1.29, 1.82) is 0 Å². The van der Waals surface area contributed by atoms with Crippen LogP contribution in [0.5, 0.6) is 0 Å². The van der Waals surface area contributed by atoms with Crippen LogP contribution in [0.25, 0.3) is 0 Å². The van der Waals surface area contributed by atoms with Gasteiger partial charge >= 0.3 is 0 Å². The lowest BCUT2D eigenvalue weighted by atomic mass is 9.93. The van der Waals surface area contributed by atoms with Gasteiger partial charge in [0.25, 0.3) is 0 Å². The monoisotopic (exact) mass is 448 g/mol. The maximum atomic E-state index is 7.32. The van der Waals surface area contributed by atoms with Gasteiger partial charge in [0.15, 0.2) is 0 Å². The fourth-order valence-corrected chi connectivity index (χ4v) is 10.9. The molecule has 0 unspecified atom stereocenters. The molecule has 0 amide bonds. The Labute approximate surface area is 192 Å². The molecule has 0 aromatic carbocycles. The Bertz CT molecular complexity index is 616. The van der Waals surface area contributed by atoms with Gasteiger partial charge in [0, 0.05) is 5.92 Å². The Hall–Kier alpha value is -0.566. The van der Waals surface area contributed by atoms with Crippen LogP contribution in [-0.4, -0.2) is 22.5 Å². The number of hydrogen-bond acceptors (Lipinski definition) is 1. The van der Waals surface area contributed by atoms with Gasteiger partial charge in [-0.15, -0.1) is 5.54 Å². The van der Waals surface area contributed by atoms with Gasteiger partial charge in [0.05, 0.1) is 6.10 Å². The summed E-state index contributed by atoms with van der Waals surface area (Å²) in [5.74, 6) is 4.33. The average molecular weight is 449 g/mol. The van der Waals surface area contributed by atoms with Gasteiger partial charge in [-0.25, -0.2) is 0 Å². The number of allylic oxidation sites excluding steroid dienone is 2. The van der Waals surface area contributed by atoms with Gasteiger partial charge in [0.2, 0.25) is 8.32 Å². The summed E-state index contributed by atoms with van der Waals surface area (Å²) in [6.45, 7) is 32.5. The highest BCUT2D eigenvalue weighted by Crippen LogP contribution is 2.44. The third kappa shape index (κ3) is 8.89. The van der Waals surface area contributed by atoms with E-state index in [0.717, 1.165) is 6.42 Å². The van der Waals surface area contributed by atoms with Crippen molar-refractivity contribution in [2.75, 3.05) is 0 Å². The van der Waals surface area contributed by atoms with Crippen LogP contribution < -0.4 is 0 Å². The minimum Gasteiger partial charge on any atom is -0.409 e. The zero-order valence-electron chi connectivity index (χ0n) is 22.7. The molecular weight excluding hydrogens is 396 g/mol. The first-order chi connectivity index (χ1) is 13.6. The first-order valence-electron chi connectivity index (χ1n) is 12.2. The zero-order valence-corrected chi connectivity index (χ0v) is 24.7. The van der Waals surface area contributed by atoms with E-state index in [0.29, 0.717) is 28.5 Å². The van der Waals surface area contributed by atoms with E-state index in [4.69, 9.17) is 4.43 Å². The van der Waals surface area contributed by atoms with E-state index >= 15 is 0 Å². The lowest BCUT2D eigenvalue weighted by Crippen LogP contribution is -2.51. The van der Waals surface area contributed by atoms with Crippen LogP contribution >= 0.6 is 0 Å². The summed E-state index contributed by atoms with van der Waals surface area (Å²) in [5, 5.41) is 0. The molecule has 3 heteroatoms. The predicted molar refractivity (Wildman–Crippen MR) is 143 cm³/mol. The molecule has 0 spiro atoms. The largest absolute Gasteiger partial charge is 0.409 e. The van der Waals surface area contributed by atoms with Crippen molar-refractivity contribution in [3.63, 3.8) is 0 Å². The van der Waals surface area contributed by atoms with Crippen LogP contribution in [0.2, 0.25) is 36.3 Å². The van der Waals surface area contributed by atoms with Crippen molar-refractivity contribution in [2.24, 2.45) is 11.8 Å². The third-order valence-corrected chi connectivity index (χ3v) is 13.3. The first-order valence-corrected chi connectivity index (χ1v) is 17.8. The highest BCUT2D eigenvalue weighted by molar-refractivity contribution is 6.83. The Balaban J connectivity index is 6.28. The first kappa shape index (κ1) is 29.4. The molecule has 0 aromatic rings. The van der Waals surface area contributed by atoms with Gasteiger partial charge < -0.3 is 4.43 Å². The molecule has 0 saturated carbocycles. The fourth-order valence-electron chi connectivity index (χ4n) is 4.71. The molecule has 0 saturated heterocycles. The maximum absolute atomic E-state index is 7.32. The fraction of sp³-hybridized carbons (Fsp3) is 0.778. The third-order valence-electron chi connectivity index (χ3n) is 6.30. The molecule has 174 valence electrons. The molecule has 0 bridgehead atoms. The second kappa shape index (κ2) is 12.5. The Morgan fingerprint density at radius 2 is 1.30 bits per heavy atom. The van der Waals surface area contributed by atoms with Crippen LogP contribution in [0.4, 0.5) is 0 Å². The summed E-state index contributed by atoms with van der Waals surface area (Å²) in [7, 11) is -3.34. The topological polar surface area (TPSA) is 9.23 Å². The zero-order chi connectivity index (χ0) is 23.9. The van der Waals surface area contributed by atoms with Gasteiger partial charge in [0.1, 0.15) is 8.07 Å². The van der Waals surface area contributed by atoms with E-state index in [1.807, 2.05) is 0 Å². The van der Waals surface area contributed by atoms with E-state index < -0.39 is 16.4 Å². The highest BCUT2D eigenvalue weighted by Gasteiger charge is 2.47. The lowest BCUT2D eigenvalue weighted by molar-refractivity contribution is 0.170. The van der Waals surface area contributed by atoms with Crippen LogP contribution in [0.15, 0.2) is 23.3 Å². The summed E-state index contributed by atoms with van der Waals surface area (Å²) in [6, 6.07) is 0. The Morgan fingerprint density at radius 1 is 0.833 bits per heavy atom. The molecule has 0 aliphatic rings. The normalized spacial score (nSPS) is 17.2. The van der Waals surface area contributed by atoms with Crippen LogP contribution in [0.1, 0.15) is 82.6 Å². The van der Waals surface area contributed by atoms with E-state index in [-0.39, 0.29) is 6.10 Å². The van der Waals surface area contributed by atoms with E-state index in [2.05, 4.69) is 119 Å². The van der Waals surface area contributed by atoms with Crippen LogP contribution in [-0.2, 0) is 4.43 Å². The maximum Gasteiger partial charge on any atom is 0.201 e. The van der Waals surface area contributed by atoms with Crippen molar-refractivity contribution in [1.82, 2.24) is 0 Å². The molecule has 30 heavy (non-hydrogen) atoms. The van der Waals surface area contributed by atoms with Crippen molar-refractivity contribution >= 4 is 16.4 Å². The second-order valence-electron chi connectivity index (χ2n) is 11.4. The van der Waals surface area contributed by atoms with E-state index in [9.17, 15) is 0 Å². The molecule has 0 aliphatic heterocycles. The molecule has 0 aromatic heterocycles. The molecule has 0 fully saturated rings. The molecular formula is C27H52OSi2. The minimum atomic E-state index is -1.98. The molecule has 0 radical (unpaired) electrons. The Kier molecular flexibility index (Phi) is 12.2. The molecule has 0 rings (SSSR count). The smallest absolute Gasteiger partial charge is 0.201 e. The standard InChI is InChI=1S/C27H52OSi2/c1-15-23(8)18-25(10)27(26(11)19-24(9)16-17-29(12,13)14)28-30(20(2)3,21(4)5)22(6)7/h18-23,26-27H,15H2,1-14H3/b24-19-,25-18+/t23-,26+,27-/m0/s1. The van der Waals surface area contributed by atoms with E-state index in [1.165, 1.54) is 11.1 Å². The minimum absolute atomic E-state index is 0.126. The van der Waals surface area contributed by atoms with Crippen LogP contribution in [0.3, 0.4) is 0 Å². The lowest BCUT2D eigenvalue weighted by Gasteiger charge is -2.46. The number of rotatable bonds is 10. The highest BCUT2D eigenvalue weighted by atomic mass is 28.4. The Morgan fingerprint density at radius 3 is 1.67 bits per heavy atom. The molecule has 0 heterocycles. The van der Waals surface area contributed by atoms with Gasteiger partial charge in [-0.05, 0) is 47.5 Å². The molecule has 0 N–H and O–H groups in total. The molecule has 1 nitrogen and oxygen atoms in total. The summed E-state index contributed by atoms with van der Waals surface area (Å²) >= 11 is 0. The SMILES string of the molecule is CC[C@H](C)/C=C(\C)[C@H](O[Si](C(C)C)(C(C)C)C(C)C)[C@H](C)/C=C(/C)C#C[Si](C)(C)C. The van der Waals surface area contributed by atoms with Gasteiger partial charge in [-0.3, -0.25) is 0 Å². The van der Waals surface area contributed by atoms with Gasteiger partial charge in [-0.1, -0.05) is 106 Å². The van der Waals surface area contributed by atoms with Crippen LogP contribution in [0, 0.1) is 23.3 Å². The average Bonchev–Trinajstić information content (AvgIpc) is 2.58. The quantitative estimate of drug-likeness (QED) is 0.184. The summed E-state index contributed by atoms with van der Waals surface area (Å²) in [6.07, 6.45) is 6.08.